The number of halogens is 4. The van der Waals surface area contributed by atoms with Crippen LogP contribution in [0.4, 0.5) is 13.2 Å². The van der Waals surface area contributed by atoms with Crippen LogP contribution < -0.4 is 5.32 Å². The molecule has 1 N–H and O–H groups in total. The molecule has 0 atom stereocenters. The minimum absolute atomic E-state index is 0. The Labute approximate surface area is 159 Å². The highest BCUT2D eigenvalue weighted by molar-refractivity contribution is 5.85. The molecule has 2 rings (SSSR count). The second kappa shape index (κ2) is 10.8. The van der Waals surface area contributed by atoms with E-state index in [4.69, 9.17) is 0 Å². The zero-order valence-electron chi connectivity index (χ0n) is 15.1. The average Bonchev–Trinajstić information content (AvgIpc) is 2.58. The van der Waals surface area contributed by atoms with Gasteiger partial charge in [-0.2, -0.15) is 13.2 Å². The number of hydrogen-bond acceptors (Lipinski definition) is 2. The van der Waals surface area contributed by atoms with Crippen LogP contribution in [0.2, 0.25) is 0 Å². The molecule has 1 aromatic rings. The molecular formula is C19H28ClF3N2O. The van der Waals surface area contributed by atoms with Crippen LogP contribution in [0.1, 0.15) is 36.8 Å². The van der Waals surface area contributed by atoms with Gasteiger partial charge >= 0.3 is 6.18 Å². The standard InChI is InChI=1S/C19H27F3N2O.ClH/c1-15-2-4-16(5-3-15)10-13-24(14-19(20,21)22)18(25)7-6-17-8-11-23-12-9-17;/h2-5,17,23H,6-14H2,1H3;1H. The summed E-state index contributed by atoms with van der Waals surface area (Å²) in [6.45, 7) is 2.76. The highest BCUT2D eigenvalue weighted by Gasteiger charge is 2.32. The maximum atomic E-state index is 12.8. The summed E-state index contributed by atoms with van der Waals surface area (Å²) in [6, 6.07) is 7.67. The second-order valence-corrected chi connectivity index (χ2v) is 6.90. The zero-order chi connectivity index (χ0) is 18.3. The molecule has 0 bridgehead atoms. The molecular weight excluding hydrogens is 365 g/mol. The van der Waals surface area contributed by atoms with Gasteiger partial charge in [0.25, 0.3) is 0 Å². The van der Waals surface area contributed by atoms with Crippen LogP contribution in [-0.2, 0) is 11.2 Å². The minimum Gasteiger partial charge on any atom is -0.333 e. The van der Waals surface area contributed by atoms with Crippen LogP contribution >= 0.6 is 12.4 Å². The van der Waals surface area contributed by atoms with E-state index < -0.39 is 12.7 Å². The van der Waals surface area contributed by atoms with E-state index in [9.17, 15) is 18.0 Å². The van der Waals surface area contributed by atoms with Crippen LogP contribution in [0, 0.1) is 12.8 Å². The maximum absolute atomic E-state index is 12.8. The lowest BCUT2D eigenvalue weighted by Gasteiger charge is -2.26. The molecule has 0 aromatic heterocycles. The van der Waals surface area contributed by atoms with Gasteiger partial charge in [0.2, 0.25) is 5.91 Å². The fourth-order valence-electron chi connectivity index (χ4n) is 3.18. The molecule has 0 radical (unpaired) electrons. The van der Waals surface area contributed by atoms with Crippen molar-refractivity contribution in [2.45, 2.75) is 45.2 Å². The molecule has 3 nitrogen and oxygen atoms in total. The van der Waals surface area contributed by atoms with E-state index in [0.717, 1.165) is 42.0 Å². The SMILES string of the molecule is Cc1ccc(CCN(CC(F)(F)F)C(=O)CCC2CCNCC2)cc1.Cl. The molecule has 1 amide bonds. The Morgan fingerprint density at radius 2 is 1.81 bits per heavy atom. The highest BCUT2D eigenvalue weighted by atomic mass is 35.5. The predicted octanol–water partition coefficient (Wildman–Crippen LogP) is 4.13. The molecule has 0 spiro atoms. The first-order chi connectivity index (χ1) is 11.8. The van der Waals surface area contributed by atoms with Crippen LogP contribution in [0.25, 0.3) is 0 Å². The summed E-state index contributed by atoms with van der Waals surface area (Å²) >= 11 is 0. The molecule has 1 aliphatic rings. The van der Waals surface area contributed by atoms with Crippen molar-refractivity contribution < 1.29 is 18.0 Å². The summed E-state index contributed by atoms with van der Waals surface area (Å²) in [7, 11) is 0. The zero-order valence-corrected chi connectivity index (χ0v) is 16.0. The smallest absolute Gasteiger partial charge is 0.333 e. The van der Waals surface area contributed by atoms with Gasteiger partial charge < -0.3 is 10.2 Å². The molecule has 1 aliphatic heterocycles. The summed E-state index contributed by atoms with van der Waals surface area (Å²) in [5.41, 5.74) is 2.05. The number of nitrogens with zero attached hydrogens (tertiary/aromatic N) is 1. The molecule has 1 saturated heterocycles. The Morgan fingerprint density at radius 3 is 2.38 bits per heavy atom. The van der Waals surface area contributed by atoms with Crippen molar-refractivity contribution in [1.82, 2.24) is 10.2 Å². The van der Waals surface area contributed by atoms with Crippen molar-refractivity contribution in [1.29, 1.82) is 0 Å². The number of aryl methyl sites for hydroxylation is 1. The predicted molar refractivity (Wildman–Crippen MR) is 99.6 cm³/mol. The summed E-state index contributed by atoms with van der Waals surface area (Å²) in [4.78, 5) is 13.3. The number of alkyl halides is 3. The quantitative estimate of drug-likeness (QED) is 0.756. The van der Waals surface area contributed by atoms with Gasteiger partial charge in [-0.3, -0.25) is 4.79 Å². The molecule has 0 aliphatic carbocycles. The fourth-order valence-corrected chi connectivity index (χ4v) is 3.18. The molecule has 148 valence electrons. The number of carbonyl (C=O) groups excluding carboxylic acids is 1. The number of carbonyl (C=O) groups is 1. The van der Waals surface area contributed by atoms with Crippen molar-refractivity contribution in [3.8, 4) is 0 Å². The summed E-state index contributed by atoms with van der Waals surface area (Å²) in [5.74, 6) is 0.0537. The van der Waals surface area contributed by atoms with Gasteiger partial charge in [-0.05, 0) is 57.2 Å². The molecule has 0 saturated carbocycles. The van der Waals surface area contributed by atoms with Gasteiger partial charge in [-0.15, -0.1) is 12.4 Å². The first-order valence-corrected chi connectivity index (χ1v) is 8.94. The Balaban J connectivity index is 0.00000338. The lowest BCUT2D eigenvalue weighted by molar-refractivity contribution is -0.161. The first-order valence-electron chi connectivity index (χ1n) is 8.94. The van der Waals surface area contributed by atoms with Gasteiger partial charge in [0.15, 0.2) is 0 Å². The van der Waals surface area contributed by atoms with Crippen molar-refractivity contribution in [2.75, 3.05) is 26.2 Å². The second-order valence-electron chi connectivity index (χ2n) is 6.90. The Morgan fingerprint density at radius 1 is 1.19 bits per heavy atom. The van der Waals surface area contributed by atoms with E-state index >= 15 is 0 Å². The van der Waals surface area contributed by atoms with Gasteiger partial charge in [0.05, 0.1) is 0 Å². The number of hydrogen-bond donors (Lipinski definition) is 1. The lowest BCUT2D eigenvalue weighted by Crippen LogP contribution is -2.40. The van der Waals surface area contributed by atoms with Crippen LogP contribution in [0.3, 0.4) is 0 Å². The van der Waals surface area contributed by atoms with Gasteiger partial charge in [-0.25, -0.2) is 0 Å². The maximum Gasteiger partial charge on any atom is 0.406 e. The average molecular weight is 393 g/mol. The highest BCUT2D eigenvalue weighted by Crippen LogP contribution is 2.21. The monoisotopic (exact) mass is 392 g/mol. The van der Waals surface area contributed by atoms with E-state index in [1.165, 1.54) is 0 Å². The summed E-state index contributed by atoms with van der Waals surface area (Å²) < 4.78 is 38.5. The minimum atomic E-state index is -4.36. The van der Waals surface area contributed by atoms with Gasteiger partial charge in [0.1, 0.15) is 6.54 Å². The van der Waals surface area contributed by atoms with E-state index in [2.05, 4.69) is 5.32 Å². The molecule has 1 aromatic carbocycles. The number of amides is 1. The molecule has 1 fully saturated rings. The van der Waals surface area contributed by atoms with E-state index in [1.807, 2.05) is 31.2 Å². The third-order valence-electron chi connectivity index (χ3n) is 4.74. The fraction of sp³-hybridized carbons (Fsp3) is 0.632. The van der Waals surface area contributed by atoms with Crippen molar-refractivity contribution in [2.24, 2.45) is 5.92 Å². The number of nitrogens with one attached hydrogen (secondary N) is 1. The lowest BCUT2D eigenvalue weighted by atomic mass is 9.93. The van der Waals surface area contributed by atoms with Crippen molar-refractivity contribution in [3.63, 3.8) is 0 Å². The molecule has 26 heavy (non-hydrogen) atoms. The first kappa shape index (κ1) is 22.8. The van der Waals surface area contributed by atoms with Crippen LogP contribution in [-0.4, -0.2) is 43.2 Å². The topological polar surface area (TPSA) is 32.3 Å². The van der Waals surface area contributed by atoms with Crippen LogP contribution in [0.15, 0.2) is 24.3 Å². The Hall–Kier alpha value is -1.27. The van der Waals surface area contributed by atoms with Crippen LogP contribution in [0.5, 0.6) is 0 Å². The summed E-state index contributed by atoms with van der Waals surface area (Å²) in [5, 5.41) is 3.25. The summed E-state index contributed by atoms with van der Waals surface area (Å²) in [6.07, 6.45) is -1.05. The number of rotatable bonds is 7. The number of benzene rings is 1. The van der Waals surface area contributed by atoms with E-state index in [0.29, 0.717) is 18.8 Å². The van der Waals surface area contributed by atoms with E-state index in [1.54, 1.807) is 0 Å². The van der Waals surface area contributed by atoms with E-state index in [-0.39, 0.29) is 31.3 Å². The van der Waals surface area contributed by atoms with Gasteiger partial charge in [-0.1, -0.05) is 29.8 Å². The van der Waals surface area contributed by atoms with Gasteiger partial charge in [0, 0.05) is 13.0 Å². The normalized spacial score (nSPS) is 15.4. The third-order valence-corrected chi connectivity index (χ3v) is 4.74. The Kier molecular flexibility index (Phi) is 9.44. The Bertz CT molecular complexity index is 543. The third kappa shape index (κ3) is 8.41. The van der Waals surface area contributed by atoms with Crippen molar-refractivity contribution >= 4 is 18.3 Å². The molecule has 7 heteroatoms. The molecule has 1 heterocycles. The largest absolute Gasteiger partial charge is 0.406 e. The number of piperidine rings is 1. The van der Waals surface area contributed by atoms with Crippen molar-refractivity contribution in [3.05, 3.63) is 35.4 Å². The molecule has 0 unspecified atom stereocenters.